The maximum atomic E-state index is 13.8. The molecule has 0 aliphatic carbocycles. The lowest BCUT2D eigenvalue weighted by Crippen LogP contribution is -2.21. The van der Waals surface area contributed by atoms with Crippen LogP contribution in [0.25, 0.3) is 11.3 Å². The molecule has 0 fully saturated rings. The molecule has 0 saturated heterocycles. The molecule has 0 atom stereocenters. The van der Waals surface area contributed by atoms with Crippen LogP contribution in [-0.4, -0.2) is 35.1 Å². The van der Waals surface area contributed by atoms with E-state index in [4.69, 9.17) is 0 Å². The topological polar surface area (TPSA) is 46.1 Å². The van der Waals surface area contributed by atoms with Crippen LogP contribution in [0, 0.1) is 12.7 Å². The van der Waals surface area contributed by atoms with Crippen LogP contribution in [0.15, 0.2) is 30.3 Å². The van der Waals surface area contributed by atoms with E-state index in [1.807, 2.05) is 0 Å². The highest BCUT2D eigenvalue weighted by Crippen LogP contribution is 2.22. The predicted octanol–water partition coefficient (Wildman–Crippen LogP) is 2.29. The van der Waals surface area contributed by atoms with Crippen molar-refractivity contribution in [2.45, 2.75) is 6.92 Å². The summed E-state index contributed by atoms with van der Waals surface area (Å²) in [4.78, 5) is 13.3. The van der Waals surface area contributed by atoms with Crippen LogP contribution in [0.1, 0.15) is 16.1 Å². The average Bonchev–Trinajstić information content (AvgIpc) is 2.39. The summed E-state index contributed by atoms with van der Waals surface area (Å²) in [6, 6.07) is 7.67. The summed E-state index contributed by atoms with van der Waals surface area (Å²) in [5.41, 5.74) is 1.87. The van der Waals surface area contributed by atoms with E-state index < -0.39 is 5.82 Å². The molecule has 0 spiro atoms. The number of amides is 1. The molecule has 0 N–H and O–H groups in total. The summed E-state index contributed by atoms with van der Waals surface area (Å²) in [7, 11) is 3.30. The van der Waals surface area contributed by atoms with Gasteiger partial charge in [-0.25, -0.2) is 4.39 Å². The van der Waals surface area contributed by atoms with Gasteiger partial charge in [-0.15, -0.1) is 0 Å². The van der Waals surface area contributed by atoms with Gasteiger partial charge in [0.15, 0.2) is 0 Å². The van der Waals surface area contributed by atoms with Crippen molar-refractivity contribution in [2.75, 3.05) is 14.1 Å². The molecule has 2 aromatic rings. The predicted molar refractivity (Wildman–Crippen MR) is 70.2 cm³/mol. The average molecular weight is 259 g/mol. The molecule has 0 bridgehead atoms. The Labute approximate surface area is 110 Å². The highest BCUT2D eigenvalue weighted by molar-refractivity contribution is 5.95. The van der Waals surface area contributed by atoms with Crippen molar-refractivity contribution in [1.29, 1.82) is 0 Å². The second-order valence-electron chi connectivity index (χ2n) is 4.45. The number of carbonyl (C=O) groups excluding carboxylic acids is 1. The molecule has 1 amide bonds. The minimum absolute atomic E-state index is 0.179. The molecular formula is C14H14FN3O. The molecule has 0 saturated carbocycles. The van der Waals surface area contributed by atoms with Gasteiger partial charge in [-0.1, -0.05) is 0 Å². The molecule has 1 aromatic heterocycles. The van der Waals surface area contributed by atoms with E-state index in [0.29, 0.717) is 11.3 Å². The molecule has 0 unspecified atom stereocenters. The van der Waals surface area contributed by atoms with Gasteiger partial charge in [0, 0.05) is 25.2 Å². The summed E-state index contributed by atoms with van der Waals surface area (Å²) < 4.78 is 13.8. The third kappa shape index (κ3) is 2.76. The second-order valence-corrected chi connectivity index (χ2v) is 4.45. The highest BCUT2D eigenvalue weighted by Gasteiger charge is 2.13. The van der Waals surface area contributed by atoms with E-state index >= 15 is 0 Å². The minimum atomic E-state index is -0.423. The number of hydrogen-bond donors (Lipinski definition) is 0. The Morgan fingerprint density at radius 3 is 2.47 bits per heavy atom. The molecule has 1 aromatic carbocycles. The number of aryl methyl sites for hydroxylation is 1. The molecule has 2 rings (SSSR count). The van der Waals surface area contributed by atoms with Crippen molar-refractivity contribution in [3.63, 3.8) is 0 Å². The van der Waals surface area contributed by atoms with Crippen molar-refractivity contribution in [3.8, 4) is 11.3 Å². The number of aromatic nitrogens is 2. The number of halogens is 1. The van der Waals surface area contributed by atoms with Crippen molar-refractivity contribution in [2.24, 2.45) is 0 Å². The van der Waals surface area contributed by atoms with Gasteiger partial charge in [-0.2, -0.15) is 10.2 Å². The van der Waals surface area contributed by atoms with Crippen molar-refractivity contribution in [1.82, 2.24) is 15.1 Å². The quantitative estimate of drug-likeness (QED) is 0.831. The second kappa shape index (κ2) is 5.14. The Hall–Kier alpha value is -2.30. The number of hydrogen-bond acceptors (Lipinski definition) is 3. The van der Waals surface area contributed by atoms with Crippen LogP contribution in [0.3, 0.4) is 0 Å². The van der Waals surface area contributed by atoms with Gasteiger partial charge in [0.2, 0.25) is 0 Å². The molecule has 0 aliphatic rings. The highest BCUT2D eigenvalue weighted by atomic mass is 19.1. The third-order valence-electron chi connectivity index (χ3n) is 2.69. The monoisotopic (exact) mass is 259 g/mol. The molecule has 98 valence electrons. The molecule has 1 heterocycles. The summed E-state index contributed by atoms with van der Waals surface area (Å²) in [5.74, 6) is -0.602. The molecule has 19 heavy (non-hydrogen) atoms. The van der Waals surface area contributed by atoms with Crippen molar-refractivity contribution >= 4 is 5.91 Å². The van der Waals surface area contributed by atoms with Crippen LogP contribution in [0.5, 0.6) is 0 Å². The Kier molecular flexibility index (Phi) is 3.55. The smallest absolute Gasteiger partial charge is 0.253 e. The minimum Gasteiger partial charge on any atom is -0.345 e. The Morgan fingerprint density at radius 2 is 1.89 bits per heavy atom. The first-order valence-corrected chi connectivity index (χ1v) is 5.81. The van der Waals surface area contributed by atoms with Gasteiger partial charge < -0.3 is 4.90 Å². The van der Waals surface area contributed by atoms with E-state index in [9.17, 15) is 9.18 Å². The van der Waals surface area contributed by atoms with Crippen LogP contribution >= 0.6 is 0 Å². The van der Waals surface area contributed by atoms with Gasteiger partial charge in [-0.05, 0) is 37.3 Å². The van der Waals surface area contributed by atoms with E-state index in [1.165, 1.54) is 23.1 Å². The summed E-state index contributed by atoms with van der Waals surface area (Å²) in [6.07, 6.45) is 0. The fraction of sp³-hybridized carbons (Fsp3) is 0.214. The van der Waals surface area contributed by atoms with Gasteiger partial charge in [0.25, 0.3) is 5.91 Å². The largest absolute Gasteiger partial charge is 0.345 e. The number of nitrogens with zero attached hydrogens (tertiary/aromatic N) is 3. The zero-order valence-corrected chi connectivity index (χ0v) is 11.0. The standard InChI is InChI=1S/C14H14FN3O/c1-9-4-7-13(17-16-9)11-8-10(5-6-12(11)15)14(19)18(2)3/h4-8H,1-3H3. The first-order chi connectivity index (χ1) is 8.99. The normalized spacial score (nSPS) is 10.3. The van der Waals surface area contributed by atoms with Gasteiger partial charge >= 0.3 is 0 Å². The maximum absolute atomic E-state index is 13.8. The fourth-order valence-corrected chi connectivity index (χ4v) is 1.66. The molecule has 0 radical (unpaired) electrons. The van der Waals surface area contributed by atoms with E-state index in [-0.39, 0.29) is 11.5 Å². The molecule has 4 nitrogen and oxygen atoms in total. The molecule has 0 aliphatic heterocycles. The number of rotatable bonds is 2. The number of benzene rings is 1. The van der Waals surface area contributed by atoms with Gasteiger partial charge in [0.1, 0.15) is 5.82 Å². The summed E-state index contributed by atoms with van der Waals surface area (Å²) in [5, 5.41) is 7.83. The Morgan fingerprint density at radius 1 is 1.16 bits per heavy atom. The van der Waals surface area contributed by atoms with Crippen LogP contribution in [-0.2, 0) is 0 Å². The summed E-state index contributed by atoms with van der Waals surface area (Å²) in [6.45, 7) is 1.80. The zero-order chi connectivity index (χ0) is 14.0. The first-order valence-electron chi connectivity index (χ1n) is 5.81. The zero-order valence-electron chi connectivity index (χ0n) is 11.0. The first kappa shape index (κ1) is 13.1. The lowest BCUT2D eigenvalue weighted by molar-refractivity contribution is 0.0827. The SMILES string of the molecule is Cc1ccc(-c2cc(C(=O)N(C)C)ccc2F)nn1. The van der Waals surface area contributed by atoms with Crippen molar-refractivity contribution in [3.05, 3.63) is 47.4 Å². The lowest BCUT2D eigenvalue weighted by atomic mass is 10.1. The lowest BCUT2D eigenvalue weighted by Gasteiger charge is -2.11. The van der Waals surface area contributed by atoms with E-state index in [1.54, 1.807) is 33.2 Å². The summed E-state index contributed by atoms with van der Waals surface area (Å²) >= 11 is 0. The van der Waals surface area contributed by atoms with Crippen LogP contribution < -0.4 is 0 Å². The van der Waals surface area contributed by atoms with Crippen molar-refractivity contribution < 1.29 is 9.18 Å². The van der Waals surface area contributed by atoms with E-state index in [2.05, 4.69) is 10.2 Å². The van der Waals surface area contributed by atoms with E-state index in [0.717, 1.165) is 5.69 Å². The fourth-order valence-electron chi connectivity index (χ4n) is 1.66. The third-order valence-corrected chi connectivity index (χ3v) is 2.69. The Balaban J connectivity index is 2.48. The molecular weight excluding hydrogens is 245 g/mol. The Bertz CT molecular complexity index is 609. The molecule has 5 heteroatoms. The number of carbonyl (C=O) groups is 1. The maximum Gasteiger partial charge on any atom is 0.253 e. The van der Waals surface area contributed by atoms with Crippen LogP contribution in [0.4, 0.5) is 4.39 Å². The van der Waals surface area contributed by atoms with Gasteiger partial charge in [0.05, 0.1) is 11.4 Å². The van der Waals surface area contributed by atoms with Gasteiger partial charge in [-0.3, -0.25) is 4.79 Å². The van der Waals surface area contributed by atoms with Crippen LogP contribution in [0.2, 0.25) is 0 Å².